The predicted molar refractivity (Wildman–Crippen MR) is 66.4 cm³/mol. The van der Waals surface area contributed by atoms with Crippen molar-refractivity contribution < 1.29 is 4.79 Å². The van der Waals surface area contributed by atoms with Crippen LogP contribution < -0.4 is 5.73 Å². The van der Waals surface area contributed by atoms with Crippen molar-refractivity contribution in [2.45, 2.75) is 26.4 Å². The van der Waals surface area contributed by atoms with Crippen molar-refractivity contribution in [2.24, 2.45) is 5.73 Å². The quantitative estimate of drug-likeness (QED) is 0.887. The van der Waals surface area contributed by atoms with Gasteiger partial charge in [0, 0.05) is 11.9 Å². The third kappa shape index (κ3) is 3.81. The van der Waals surface area contributed by atoms with Gasteiger partial charge in [-0.3, -0.25) is 4.79 Å². The number of thiophene rings is 1. The molecule has 1 heterocycles. The minimum Gasteiger partial charge on any atom is -0.339 e. The first-order valence-electron chi connectivity index (χ1n) is 4.56. The van der Waals surface area contributed by atoms with E-state index in [1.54, 1.807) is 30.2 Å². The lowest BCUT2D eigenvalue weighted by Gasteiger charge is -2.18. The number of halogens is 1. The Morgan fingerprint density at radius 3 is 2.67 bits per heavy atom. The lowest BCUT2D eigenvalue weighted by atomic mass is 10.2. The van der Waals surface area contributed by atoms with Crippen LogP contribution in [0.5, 0.6) is 0 Å². The minimum absolute atomic E-state index is 0. The number of nitrogens with zero attached hydrogens (tertiary/aromatic N) is 1. The van der Waals surface area contributed by atoms with Crippen molar-refractivity contribution in [3.8, 4) is 0 Å². The molecule has 0 aliphatic rings. The van der Waals surface area contributed by atoms with Gasteiger partial charge in [0.15, 0.2) is 0 Å². The maximum Gasteiger partial charge on any atom is 0.239 e. The molecule has 1 aromatic rings. The van der Waals surface area contributed by atoms with E-state index in [0.29, 0.717) is 6.54 Å². The van der Waals surface area contributed by atoms with Gasteiger partial charge in [0.25, 0.3) is 0 Å². The van der Waals surface area contributed by atoms with Crippen molar-refractivity contribution in [3.63, 3.8) is 0 Å². The minimum atomic E-state index is -0.416. The van der Waals surface area contributed by atoms with Crippen LogP contribution in [0.25, 0.3) is 0 Å². The number of aryl methyl sites for hydroxylation is 1. The largest absolute Gasteiger partial charge is 0.339 e. The maximum absolute atomic E-state index is 11.5. The van der Waals surface area contributed by atoms with Crippen molar-refractivity contribution in [1.29, 1.82) is 0 Å². The summed E-state index contributed by atoms with van der Waals surface area (Å²) >= 11 is 1.67. The first kappa shape index (κ1) is 14.4. The number of amides is 1. The standard InChI is InChI=1S/C10H16N2OS.ClH/c1-7-4-5-14-9(7)6-12(3)10(13)8(2)11;/h4-5,8H,6,11H2,1-3H3;1H/t8-;/m1./s1. The van der Waals surface area contributed by atoms with Gasteiger partial charge in [0.2, 0.25) is 5.91 Å². The predicted octanol–water partition coefficient (Wildman–Crippen LogP) is 1.78. The Morgan fingerprint density at radius 1 is 1.67 bits per heavy atom. The molecule has 0 saturated carbocycles. The summed E-state index contributed by atoms with van der Waals surface area (Å²) in [7, 11) is 1.78. The molecule has 5 heteroatoms. The first-order chi connectivity index (χ1) is 6.52. The van der Waals surface area contributed by atoms with Crippen LogP contribution in [0.4, 0.5) is 0 Å². The molecule has 2 N–H and O–H groups in total. The van der Waals surface area contributed by atoms with Gasteiger partial charge in [0.05, 0.1) is 12.6 Å². The molecule has 1 amide bonds. The lowest BCUT2D eigenvalue weighted by molar-refractivity contribution is -0.131. The smallest absolute Gasteiger partial charge is 0.239 e. The number of hydrogen-bond acceptors (Lipinski definition) is 3. The van der Waals surface area contributed by atoms with Crippen LogP contribution >= 0.6 is 23.7 Å². The van der Waals surface area contributed by atoms with Gasteiger partial charge in [-0.1, -0.05) is 0 Å². The normalized spacial score (nSPS) is 11.7. The maximum atomic E-state index is 11.5. The molecule has 0 fully saturated rings. The Kier molecular flexibility index (Phi) is 5.87. The van der Waals surface area contributed by atoms with Crippen LogP contribution in [-0.4, -0.2) is 23.9 Å². The van der Waals surface area contributed by atoms with Gasteiger partial charge in [-0.05, 0) is 30.9 Å². The first-order valence-corrected chi connectivity index (χ1v) is 5.44. The van der Waals surface area contributed by atoms with Crippen LogP contribution in [-0.2, 0) is 11.3 Å². The van der Waals surface area contributed by atoms with E-state index >= 15 is 0 Å². The molecule has 0 bridgehead atoms. The van der Waals surface area contributed by atoms with E-state index in [9.17, 15) is 4.79 Å². The number of carbonyl (C=O) groups excluding carboxylic acids is 1. The highest BCUT2D eigenvalue weighted by Crippen LogP contribution is 2.17. The van der Waals surface area contributed by atoms with Gasteiger partial charge >= 0.3 is 0 Å². The van der Waals surface area contributed by atoms with Crippen LogP contribution in [0.3, 0.4) is 0 Å². The Hall–Kier alpha value is -0.580. The van der Waals surface area contributed by atoms with Crippen molar-refractivity contribution in [1.82, 2.24) is 4.90 Å². The molecule has 0 aromatic carbocycles. The summed E-state index contributed by atoms with van der Waals surface area (Å²) in [5.41, 5.74) is 6.75. The average molecular weight is 249 g/mol. The highest BCUT2D eigenvalue weighted by molar-refractivity contribution is 7.10. The molecule has 0 saturated heterocycles. The van der Waals surface area contributed by atoms with Crippen LogP contribution in [0.15, 0.2) is 11.4 Å². The second kappa shape index (κ2) is 6.10. The van der Waals surface area contributed by atoms with Crippen molar-refractivity contribution in [2.75, 3.05) is 7.05 Å². The molecule has 0 spiro atoms. The lowest BCUT2D eigenvalue weighted by Crippen LogP contribution is -2.39. The van der Waals surface area contributed by atoms with Crippen LogP contribution in [0.1, 0.15) is 17.4 Å². The van der Waals surface area contributed by atoms with E-state index in [2.05, 4.69) is 13.0 Å². The highest BCUT2D eigenvalue weighted by atomic mass is 35.5. The molecule has 1 atom stereocenters. The zero-order valence-corrected chi connectivity index (χ0v) is 10.8. The second-order valence-corrected chi connectivity index (χ2v) is 4.51. The summed E-state index contributed by atoms with van der Waals surface area (Å²) in [5, 5.41) is 2.04. The molecule has 0 aliphatic heterocycles. The molecule has 3 nitrogen and oxygen atoms in total. The molecule has 86 valence electrons. The fourth-order valence-corrected chi connectivity index (χ4v) is 2.17. The zero-order valence-electron chi connectivity index (χ0n) is 9.19. The third-order valence-corrected chi connectivity index (χ3v) is 3.12. The summed E-state index contributed by atoms with van der Waals surface area (Å²) in [6.45, 7) is 4.42. The van der Waals surface area contributed by atoms with E-state index in [4.69, 9.17) is 5.73 Å². The summed E-state index contributed by atoms with van der Waals surface area (Å²) in [6, 6.07) is 1.64. The van der Waals surface area contributed by atoms with E-state index in [1.807, 2.05) is 5.38 Å². The summed E-state index contributed by atoms with van der Waals surface area (Å²) < 4.78 is 0. The van der Waals surface area contributed by atoms with Crippen LogP contribution in [0.2, 0.25) is 0 Å². The third-order valence-electron chi connectivity index (χ3n) is 2.11. The average Bonchev–Trinajstić information content (AvgIpc) is 2.50. The molecule has 1 aromatic heterocycles. The van der Waals surface area contributed by atoms with Crippen LogP contribution in [0, 0.1) is 6.92 Å². The Labute approximate surface area is 101 Å². The number of rotatable bonds is 3. The van der Waals surface area contributed by atoms with E-state index in [0.717, 1.165) is 0 Å². The monoisotopic (exact) mass is 248 g/mol. The second-order valence-electron chi connectivity index (χ2n) is 3.51. The topological polar surface area (TPSA) is 46.3 Å². The molecular formula is C10H17ClN2OS. The van der Waals surface area contributed by atoms with Gasteiger partial charge < -0.3 is 10.6 Å². The number of carbonyl (C=O) groups is 1. The number of nitrogens with two attached hydrogens (primary N) is 1. The van der Waals surface area contributed by atoms with Crippen molar-refractivity contribution >= 4 is 29.7 Å². The van der Waals surface area contributed by atoms with E-state index in [-0.39, 0.29) is 18.3 Å². The van der Waals surface area contributed by atoms with Gasteiger partial charge in [-0.2, -0.15) is 0 Å². The molecule has 0 aliphatic carbocycles. The van der Waals surface area contributed by atoms with Gasteiger partial charge in [0.1, 0.15) is 0 Å². The Morgan fingerprint density at radius 2 is 2.27 bits per heavy atom. The fourth-order valence-electron chi connectivity index (χ4n) is 1.21. The van der Waals surface area contributed by atoms with Gasteiger partial charge in [-0.15, -0.1) is 23.7 Å². The molecule has 0 radical (unpaired) electrons. The summed E-state index contributed by atoms with van der Waals surface area (Å²) in [5.74, 6) is -0.0159. The van der Waals surface area contributed by atoms with E-state index < -0.39 is 6.04 Å². The zero-order chi connectivity index (χ0) is 10.7. The molecular weight excluding hydrogens is 232 g/mol. The number of likely N-dealkylation sites (N-methyl/N-ethyl adjacent to an activating group) is 1. The SMILES string of the molecule is Cc1ccsc1CN(C)C(=O)[C@@H](C)N.Cl. The van der Waals surface area contributed by atoms with E-state index in [1.165, 1.54) is 10.4 Å². The Bertz CT molecular complexity index is 325. The molecule has 0 unspecified atom stereocenters. The number of hydrogen-bond donors (Lipinski definition) is 1. The van der Waals surface area contributed by atoms with Gasteiger partial charge in [-0.25, -0.2) is 0 Å². The Balaban J connectivity index is 0.00000196. The molecule has 15 heavy (non-hydrogen) atoms. The fraction of sp³-hybridized carbons (Fsp3) is 0.500. The molecule has 1 rings (SSSR count). The summed E-state index contributed by atoms with van der Waals surface area (Å²) in [6.07, 6.45) is 0. The van der Waals surface area contributed by atoms with Crippen molar-refractivity contribution in [3.05, 3.63) is 21.9 Å². The summed E-state index contributed by atoms with van der Waals surface area (Å²) in [4.78, 5) is 14.4. The highest BCUT2D eigenvalue weighted by Gasteiger charge is 2.14.